The molecule has 0 saturated carbocycles. The van der Waals surface area contributed by atoms with Crippen LogP contribution in [-0.2, 0) is 0 Å². The van der Waals surface area contributed by atoms with Crippen LogP contribution in [0.1, 0.15) is 19.9 Å². The number of ether oxygens (including phenoxy) is 2. The molecule has 2 heterocycles. The standard InChI is InChI=1S/C22H17B6N5O2/c1-12(2)33-11-13(9-30-33)20-10-29-18-4-3-14(7-19(18)32-20)31-15-5-16(34-21(23,24)25)8-17(6-15)35-22(26,27)28/h3-12,31H,1-2H3. The minimum absolute atomic E-state index is 0.201. The van der Waals surface area contributed by atoms with Crippen molar-refractivity contribution < 1.29 is 9.47 Å². The molecule has 1 N–H and O–H groups in total. The Hall–Kier alpha value is -3.22. The lowest BCUT2D eigenvalue weighted by Gasteiger charge is -2.27. The van der Waals surface area contributed by atoms with E-state index in [1.807, 2.05) is 29.1 Å². The van der Waals surface area contributed by atoms with Crippen molar-refractivity contribution in [3.63, 3.8) is 0 Å². The SMILES string of the molecule is [B]C([B])([B])Oc1cc(Nc2ccc3ncc(-c4cnn(C(C)C)c4)nc3c2)cc(OC([B])([B])[B])c1. The maximum Gasteiger partial charge on any atom is 0.122 e. The van der Waals surface area contributed by atoms with Crippen LogP contribution in [-0.4, -0.2) is 77.4 Å². The van der Waals surface area contributed by atoms with E-state index in [-0.39, 0.29) is 17.5 Å². The second-order valence-corrected chi connectivity index (χ2v) is 8.49. The van der Waals surface area contributed by atoms with Crippen LogP contribution in [0, 0.1) is 0 Å². The van der Waals surface area contributed by atoms with Gasteiger partial charge in [0.2, 0.25) is 0 Å². The third-order valence-electron chi connectivity index (χ3n) is 4.73. The van der Waals surface area contributed by atoms with Gasteiger partial charge in [-0.2, -0.15) is 5.10 Å². The predicted octanol–water partition coefficient (Wildman–Crippen LogP) is 1.81. The number of nitrogens with one attached hydrogen (secondary N) is 1. The molecule has 12 radical (unpaired) electrons. The van der Waals surface area contributed by atoms with E-state index >= 15 is 0 Å². The van der Waals surface area contributed by atoms with Crippen LogP contribution >= 0.6 is 0 Å². The number of rotatable bonds is 8. The topological polar surface area (TPSA) is 74.1 Å². The monoisotopic (exact) mass is 449 g/mol. The number of hydrogen-bond acceptors (Lipinski definition) is 6. The van der Waals surface area contributed by atoms with Gasteiger partial charge in [-0.05, 0) is 42.6 Å². The first-order valence-corrected chi connectivity index (χ1v) is 10.7. The lowest BCUT2D eigenvalue weighted by molar-refractivity contribution is 0.302. The first-order chi connectivity index (χ1) is 16.3. The summed E-state index contributed by atoms with van der Waals surface area (Å²) < 4.78 is 12.6. The zero-order chi connectivity index (χ0) is 25.4. The van der Waals surface area contributed by atoms with Gasteiger partial charge in [0.05, 0.1) is 29.1 Å². The highest BCUT2D eigenvalue weighted by molar-refractivity contribution is 6.58. The molecule has 0 bridgehead atoms. The van der Waals surface area contributed by atoms with Crippen molar-refractivity contribution >= 4 is 69.5 Å². The third kappa shape index (κ3) is 6.68. The lowest BCUT2D eigenvalue weighted by atomic mass is 9.52. The van der Waals surface area contributed by atoms with Crippen molar-refractivity contribution in [2.75, 3.05) is 5.32 Å². The van der Waals surface area contributed by atoms with E-state index in [2.05, 4.69) is 29.2 Å². The highest BCUT2D eigenvalue weighted by atomic mass is 16.5. The van der Waals surface area contributed by atoms with E-state index < -0.39 is 10.6 Å². The first kappa shape index (κ1) is 24.9. The molecule has 0 aliphatic carbocycles. The predicted molar refractivity (Wildman–Crippen MR) is 142 cm³/mol. The van der Waals surface area contributed by atoms with Crippen LogP contribution in [0.25, 0.3) is 22.3 Å². The van der Waals surface area contributed by atoms with Crippen LogP contribution in [0.5, 0.6) is 11.5 Å². The zero-order valence-electron chi connectivity index (χ0n) is 19.3. The molecule has 0 spiro atoms. The summed E-state index contributed by atoms with van der Waals surface area (Å²) >= 11 is 0. The molecule has 0 fully saturated rings. The van der Waals surface area contributed by atoms with E-state index in [9.17, 15) is 0 Å². The van der Waals surface area contributed by atoms with Crippen LogP contribution in [0.15, 0.2) is 55.0 Å². The van der Waals surface area contributed by atoms with Gasteiger partial charge in [-0.3, -0.25) is 9.67 Å². The van der Waals surface area contributed by atoms with Crippen molar-refractivity contribution in [1.82, 2.24) is 19.7 Å². The minimum atomic E-state index is -1.92. The van der Waals surface area contributed by atoms with Crippen LogP contribution < -0.4 is 14.8 Å². The Morgan fingerprint density at radius 1 is 0.829 bits per heavy atom. The summed E-state index contributed by atoms with van der Waals surface area (Å²) in [5.41, 5.74) is 4.25. The maximum atomic E-state index is 5.57. The van der Waals surface area contributed by atoms with Gasteiger partial charge in [0.15, 0.2) is 0 Å². The van der Waals surface area contributed by atoms with Gasteiger partial charge in [-0.1, -0.05) is 0 Å². The Balaban J connectivity index is 1.65. The molecule has 0 aliphatic heterocycles. The molecule has 2 aromatic heterocycles. The number of hydrogen-bond donors (Lipinski definition) is 1. The first-order valence-electron chi connectivity index (χ1n) is 10.7. The minimum Gasteiger partial charge on any atom is -0.516 e. The summed E-state index contributed by atoms with van der Waals surface area (Å²) in [4.78, 5) is 9.27. The fourth-order valence-electron chi connectivity index (χ4n) is 3.32. The van der Waals surface area contributed by atoms with Crippen molar-refractivity contribution in [1.29, 1.82) is 0 Å². The fourth-order valence-corrected chi connectivity index (χ4v) is 3.32. The quantitative estimate of drug-likeness (QED) is 0.415. The molecule has 160 valence electrons. The highest BCUT2D eigenvalue weighted by Gasteiger charge is 2.16. The van der Waals surface area contributed by atoms with E-state index in [1.54, 1.807) is 24.5 Å². The van der Waals surface area contributed by atoms with Gasteiger partial charge in [-0.25, -0.2) is 4.98 Å². The molecular weight excluding hydrogens is 431 g/mol. The largest absolute Gasteiger partial charge is 0.516 e. The van der Waals surface area contributed by atoms with Gasteiger partial charge >= 0.3 is 0 Å². The molecule has 0 unspecified atom stereocenters. The van der Waals surface area contributed by atoms with Gasteiger partial charge in [0.1, 0.15) is 58.6 Å². The zero-order valence-corrected chi connectivity index (χ0v) is 19.3. The Morgan fingerprint density at radius 2 is 1.49 bits per heavy atom. The molecule has 0 saturated heterocycles. The molecule has 4 rings (SSSR count). The second kappa shape index (κ2) is 9.44. The molecule has 0 aliphatic rings. The Bertz CT molecular complexity index is 1320. The average Bonchev–Trinajstić information content (AvgIpc) is 3.21. The van der Waals surface area contributed by atoms with E-state index in [4.69, 9.17) is 61.5 Å². The molecular formula is C22H17B6N5O2. The van der Waals surface area contributed by atoms with Gasteiger partial charge in [0, 0.05) is 47.4 Å². The molecule has 0 amide bonds. The van der Waals surface area contributed by atoms with Crippen LogP contribution in [0.3, 0.4) is 0 Å². The van der Waals surface area contributed by atoms with Crippen molar-refractivity contribution in [3.8, 4) is 22.8 Å². The normalized spacial score (nSPS) is 12.1. The van der Waals surface area contributed by atoms with Gasteiger partial charge in [-0.15, -0.1) is 0 Å². The molecule has 4 aromatic rings. The molecule has 13 heteroatoms. The van der Waals surface area contributed by atoms with E-state index in [0.29, 0.717) is 22.6 Å². The fraction of sp³-hybridized carbons (Fsp3) is 0.227. The Labute approximate surface area is 212 Å². The van der Waals surface area contributed by atoms with Gasteiger partial charge in [0.25, 0.3) is 0 Å². The van der Waals surface area contributed by atoms with E-state index in [0.717, 1.165) is 11.1 Å². The van der Waals surface area contributed by atoms with Crippen molar-refractivity contribution in [2.24, 2.45) is 0 Å². The number of fused-ring (bicyclic) bond motifs is 1. The summed E-state index contributed by atoms with van der Waals surface area (Å²) in [5.74, 6) is 0.401. The maximum absolute atomic E-state index is 5.57. The number of aromatic nitrogens is 4. The summed E-state index contributed by atoms with van der Waals surface area (Å²) in [6.45, 7) is 4.11. The summed E-state index contributed by atoms with van der Waals surface area (Å²) in [5, 5.41) is 3.78. The molecule has 0 atom stereocenters. The van der Waals surface area contributed by atoms with Crippen LogP contribution in [0.2, 0.25) is 0 Å². The summed E-state index contributed by atoms with van der Waals surface area (Å²) in [7, 11) is 33.4. The van der Waals surface area contributed by atoms with Crippen LogP contribution in [0.4, 0.5) is 11.4 Å². The lowest BCUT2D eigenvalue weighted by Crippen LogP contribution is -2.38. The smallest absolute Gasteiger partial charge is 0.122 e. The average molecular weight is 448 g/mol. The second-order valence-electron chi connectivity index (χ2n) is 8.49. The Kier molecular flexibility index (Phi) is 6.71. The van der Waals surface area contributed by atoms with Crippen molar-refractivity contribution in [3.05, 3.63) is 55.0 Å². The summed E-state index contributed by atoms with van der Waals surface area (Å²) in [6, 6.07) is 10.5. The Morgan fingerprint density at radius 3 is 2.06 bits per heavy atom. The molecule has 35 heavy (non-hydrogen) atoms. The van der Waals surface area contributed by atoms with Gasteiger partial charge < -0.3 is 14.8 Å². The molecule has 2 aromatic carbocycles. The molecule has 7 nitrogen and oxygen atoms in total. The number of benzene rings is 2. The third-order valence-corrected chi connectivity index (χ3v) is 4.73. The van der Waals surface area contributed by atoms with Crippen molar-refractivity contribution in [2.45, 2.75) is 30.5 Å². The number of nitrogens with zero attached hydrogens (tertiary/aromatic N) is 4. The highest BCUT2D eigenvalue weighted by Crippen LogP contribution is 2.31. The van der Waals surface area contributed by atoms with E-state index in [1.165, 1.54) is 6.07 Å². The number of anilines is 2. The summed E-state index contributed by atoms with van der Waals surface area (Å²) in [6.07, 6.45) is 5.43.